The van der Waals surface area contributed by atoms with Crippen LogP contribution in [0.2, 0.25) is 10.6 Å². The lowest BCUT2D eigenvalue weighted by molar-refractivity contribution is 0.693. The summed E-state index contributed by atoms with van der Waals surface area (Å²) >= 11 is -0.587. The molecular formula is C13H27Al. The van der Waals surface area contributed by atoms with Crippen LogP contribution in [0.5, 0.6) is 0 Å². The Hall–Kier alpha value is 0.272. The van der Waals surface area contributed by atoms with Crippen molar-refractivity contribution in [2.75, 3.05) is 0 Å². The Morgan fingerprint density at radius 1 is 1.07 bits per heavy atom. The van der Waals surface area contributed by atoms with Gasteiger partial charge in [-0.3, -0.25) is 0 Å². The van der Waals surface area contributed by atoms with Crippen LogP contribution in [-0.4, -0.2) is 14.1 Å². The minimum Gasteiger partial charge on any atom is -0.145 e. The Labute approximate surface area is 95.2 Å². The fourth-order valence-corrected chi connectivity index (χ4v) is 5.89. The maximum atomic E-state index is 2.64. The van der Waals surface area contributed by atoms with Crippen molar-refractivity contribution in [2.45, 2.75) is 58.5 Å². The predicted octanol–water partition coefficient (Wildman–Crippen LogP) is 4.69. The van der Waals surface area contributed by atoms with Crippen LogP contribution >= 0.6 is 0 Å². The zero-order valence-corrected chi connectivity index (χ0v) is 12.1. The van der Waals surface area contributed by atoms with Gasteiger partial charge in [-0.05, 0) is 13.3 Å². The van der Waals surface area contributed by atoms with Crippen molar-refractivity contribution in [3.8, 4) is 0 Å². The van der Waals surface area contributed by atoms with E-state index < -0.39 is 14.1 Å². The second-order valence-electron chi connectivity index (χ2n) is 5.39. The zero-order valence-electron chi connectivity index (χ0n) is 10.9. The Kier molecular flexibility index (Phi) is 7.70. The van der Waals surface area contributed by atoms with E-state index in [2.05, 4.69) is 46.5 Å². The molecule has 0 aromatic heterocycles. The first-order chi connectivity index (χ1) is 6.45. The molecule has 0 amide bonds. The topological polar surface area (TPSA) is 0 Å². The largest absolute Gasteiger partial charge is 0.295 e. The van der Waals surface area contributed by atoms with Crippen molar-refractivity contribution in [3.63, 3.8) is 0 Å². The summed E-state index contributed by atoms with van der Waals surface area (Å²) in [4.78, 5) is 2.64. The van der Waals surface area contributed by atoms with E-state index in [9.17, 15) is 0 Å². The first-order valence-electron chi connectivity index (χ1n) is 6.13. The second kappa shape index (κ2) is 7.55. The van der Waals surface area contributed by atoms with E-state index in [0.717, 1.165) is 11.8 Å². The smallest absolute Gasteiger partial charge is 0.145 e. The number of rotatable bonds is 6. The minimum atomic E-state index is -0.587. The number of hydrogen-bond acceptors (Lipinski definition) is 0. The zero-order chi connectivity index (χ0) is 11.1. The summed E-state index contributed by atoms with van der Waals surface area (Å²) in [6.45, 7) is 14.0. The molecule has 0 unspecified atom stereocenters. The highest BCUT2D eigenvalue weighted by molar-refractivity contribution is 6.64. The van der Waals surface area contributed by atoms with Crippen molar-refractivity contribution < 1.29 is 0 Å². The van der Waals surface area contributed by atoms with Crippen LogP contribution in [0.15, 0.2) is 10.5 Å². The molecule has 0 N–H and O–H groups in total. The molecule has 0 bridgehead atoms. The van der Waals surface area contributed by atoms with E-state index in [-0.39, 0.29) is 0 Å². The molecule has 82 valence electrons. The second-order valence-corrected chi connectivity index (χ2v) is 8.18. The lowest BCUT2D eigenvalue weighted by atomic mass is 10.3. The van der Waals surface area contributed by atoms with Crippen LogP contribution in [0, 0.1) is 11.8 Å². The first-order valence-corrected chi connectivity index (χ1v) is 8.42. The molecule has 0 radical (unpaired) electrons. The van der Waals surface area contributed by atoms with Crippen molar-refractivity contribution >= 4 is 14.1 Å². The average Bonchev–Trinajstić information content (AvgIpc) is 2.01. The van der Waals surface area contributed by atoms with Gasteiger partial charge in [0.15, 0.2) is 0 Å². The van der Waals surface area contributed by atoms with Crippen LogP contribution in [0.4, 0.5) is 0 Å². The van der Waals surface area contributed by atoms with Gasteiger partial charge in [-0.25, -0.2) is 0 Å². The third-order valence-electron chi connectivity index (χ3n) is 2.63. The normalized spacial score (nSPS) is 12.7. The fourth-order valence-electron chi connectivity index (χ4n) is 1.96. The van der Waals surface area contributed by atoms with Gasteiger partial charge in [-0.2, -0.15) is 0 Å². The Morgan fingerprint density at radius 2 is 1.50 bits per heavy atom. The highest BCUT2D eigenvalue weighted by atomic mass is 27.2. The molecule has 0 aliphatic carbocycles. The van der Waals surface area contributed by atoms with Crippen molar-refractivity contribution in [1.82, 2.24) is 0 Å². The van der Waals surface area contributed by atoms with E-state index in [1.807, 2.05) is 0 Å². The van der Waals surface area contributed by atoms with Gasteiger partial charge in [0, 0.05) is 0 Å². The van der Waals surface area contributed by atoms with Gasteiger partial charge in [0.1, 0.15) is 0 Å². The lowest BCUT2D eigenvalue weighted by Gasteiger charge is -2.13. The molecule has 0 rings (SSSR count). The lowest BCUT2D eigenvalue weighted by Crippen LogP contribution is -2.15. The van der Waals surface area contributed by atoms with Gasteiger partial charge in [-0.15, -0.1) is 4.94 Å². The van der Waals surface area contributed by atoms with E-state index in [4.69, 9.17) is 0 Å². The monoisotopic (exact) mass is 210 g/mol. The predicted molar refractivity (Wildman–Crippen MR) is 69.1 cm³/mol. The molecule has 0 nitrogen and oxygen atoms in total. The third kappa shape index (κ3) is 7.66. The molecule has 0 spiro atoms. The fraction of sp³-hybridized carbons (Fsp3) is 0.846. The van der Waals surface area contributed by atoms with Gasteiger partial charge in [0.05, 0.1) is 0 Å². The molecule has 0 aliphatic rings. The molecular weight excluding hydrogens is 183 g/mol. The van der Waals surface area contributed by atoms with Crippen molar-refractivity contribution in [2.24, 2.45) is 11.8 Å². The molecule has 0 saturated carbocycles. The molecule has 14 heavy (non-hydrogen) atoms. The molecule has 0 aromatic rings. The van der Waals surface area contributed by atoms with Crippen molar-refractivity contribution in [1.29, 1.82) is 0 Å². The molecule has 0 aromatic carbocycles. The van der Waals surface area contributed by atoms with Gasteiger partial charge in [0.2, 0.25) is 0 Å². The Morgan fingerprint density at radius 3 is 1.79 bits per heavy atom. The summed E-state index contributed by atoms with van der Waals surface area (Å²) < 4.78 is 0. The molecule has 0 aliphatic heterocycles. The van der Waals surface area contributed by atoms with Gasteiger partial charge < -0.3 is 0 Å². The van der Waals surface area contributed by atoms with E-state index in [1.54, 1.807) is 5.57 Å². The average molecular weight is 210 g/mol. The SMILES string of the molecule is CCC(C)=[CH][Al]([CH2]C(C)C)[CH2]C(C)C. The Bertz CT molecular complexity index is 158. The summed E-state index contributed by atoms with van der Waals surface area (Å²) in [5.74, 6) is 1.76. The van der Waals surface area contributed by atoms with Gasteiger partial charge in [0.25, 0.3) is 14.1 Å². The summed E-state index contributed by atoms with van der Waals surface area (Å²) in [6.07, 6.45) is 1.24. The van der Waals surface area contributed by atoms with Crippen LogP contribution in [0.1, 0.15) is 48.0 Å². The summed E-state index contributed by atoms with van der Waals surface area (Å²) in [5, 5.41) is 2.96. The molecule has 0 fully saturated rings. The minimum absolute atomic E-state index is 0.587. The molecule has 0 saturated heterocycles. The first kappa shape index (κ1) is 14.3. The molecule has 0 heterocycles. The van der Waals surface area contributed by atoms with Crippen LogP contribution in [-0.2, 0) is 0 Å². The van der Waals surface area contributed by atoms with Gasteiger partial charge in [-0.1, -0.05) is 62.6 Å². The van der Waals surface area contributed by atoms with Crippen LogP contribution in [0.25, 0.3) is 0 Å². The van der Waals surface area contributed by atoms with E-state index in [0.29, 0.717) is 0 Å². The highest BCUT2D eigenvalue weighted by Crippen LogP contribution is 2.17. The summed E-state index contributed by atoms with van der Waals surface area (Å²) in [6, 6.07) is 0. The van der Waals surface area contributed by atoms with Gasteiger partial charge >= 0.3 is 0 Å². The number of allylic oxidation sites excluding steroid dienone is 1. The van der Waals surface area contributed by atoms with Crippen LogP contribution in [0.3, 0.4) is 0 Å². The maximum Gasteiger partial charge on any atom is 0.295 e. The van der Waals surface area contributed by atoms with E-state index >= 15 is 0 Å². The van der Waals surface area contributed by atoms with Crippen molar-refractivity contribution in [3.05, 3.63) is 10.5 Å². The molecule has 0 atom stereocenters. The third-order valence-corrected chi connectivity index (χ3v) is 6.76. The Balaban J connectivity index is 4.24. The quantitative estimate of drug-likeness (QED) is 0.558. The molecule has 1 heteroatoms. The summed E-state index contributed by atoms with van der Waals surface area (Å²) in [7, 11) is 0. The standard InChI is InChI=1S/C5H9.2C4H9.Al/c1-4-5(2)3;2*1-4(2)3;/h2H,4H2,1,3H3;2*4H,1H2,2-3H3;. The number of hydrogen-bond donors (Lipinski definition) is 0. The maximum absolute atomic E-state index is 2.64. The highest BCUT2D eigenvalue weighted by Gasteiger charge is 2.17. The van der Waals surface area contributed by atoms with E-state index in [1.165, 1.54) is 17.0 Å². The summed E-state index contributed by atoms with van der Waals surface area (Å²) in [5.41, 5.74) is 1.61. The van der Waals surface area contributed by atoms with Crippen LogP contribution < -0.4 is 0 Å².